The highest BCUT2D eigenvalue weighted by atomic mass is 16.4. The van der Waals surface area contributed by atoms with E-state index in [0.717, 1.165) is 12.8 Å². The van der Waals surface area contributed by atoms with Gasteiger partial charge < -0.3 is 16.2 Å². The molecule has 0 saturated heterocycles. The van der Waals surface area contributed by atoms with E-state index < -0.39 is 12.0 Å². The second-order valence-electron chi connectivity index (χ2n) is 5.31. The lowest BCUT2D eigenvalue weighted by Gasteiger charge is -2.17. The average molecular weight is 258 g/mol. The van der Waals surface area contributed by atoms with Crippen LogP contribution in [0.25, 0.3) is 0 Å². The lowest BCUT2D eigenvalue weighted by Crippen LogP contribution is -2.41. The van der Waals surface area contributed by atoms with Gasteiger partial charge in [0.2, 0.25) is 5.91 Å². The molecule has 0 fully saturated rings. The molecule has 106 valence electrons. The van der Waals surface area contributed by atoms with Crippen LogP contribution in [0.5, 0.6) is 0 Å². The van der Waals surface area contributed by atoms with Gasteiger partial charge in [-0.3, -0.25) is 4.79 Å². The Kier molecular flexibility index (Phi) is 8.37. The van der Waals surface area contributed by atoms with Crippen LogP contribution in [0.2, 0.25) is 0 Å². The molecular weight excluding hydrogens is 232 g/mol. The number of carbonyl (C=O) groups is 2. The molecule has 0 aliphatic heterocycles. The number of amides is 1. The van der Waals surface area contributed by atoms with E-state index in [-0.39, 0.29) is 11.8 Å². The lowest BCUT2D eigenvalue weighted by molar-refractivity contribution is -0.142. The zero-order chi connectivity index (χ0) is 14.1. The third-order valence-electron chi connectivity index (χ3n) is 2.86. The Hall–Kier alpha value is -1.10. The summed E-state index contributed by atoms with van der Waals surface area (Å²) in [6, 6.07) is -0.776. The summed E-state index contributed by atoms with van der Waals surface area (Å²) in [6.45, 7) is 6.54. The predicted molar refractivity (Wildman–Crippen MR) is 71.1 cm³/mol. The van der Waals surface area contributed by atoms with Crippen LogP contribution < -0.4 is 11.1 Å². The van der Waals surface area contributed by atoms with Crippen molar-refractivity contribution in [1.29, 1.82) is 0 Å². The minimum atomic E-state index is -0.966. The normalized spacial score (nSPS) is 14.3. The number of hydrogen-bond donors (Lipinski definition) is 3. The number of hydrogen-bond acceptors (Lipinski definition) is 3. The molecule has 5 nitrogen and oxygen atoms in total. The summed E-state index contributed by atoms with van der Waals surface area (Å²) in [7, 11) is 0. The van der Waals surface area contributed by atoms with Crippen molar-refractivity contribution in [3.05, 3.63) is 0 Å². The number of rotatable bonds is 9. The zero-order valence-electron chi connectivity index (χ0n) is 11.6. The van der Waals surface area contributed by atoms with Gasteiger partial charge in [0.25, 0.3) is 0 Å². The van der Waals surface area contributed by atoms with Gasteiger partial charge in [-0.1, -0.05) is 20.8 Å². The molecule has 0 saturated carbocycles. The molecule has 18 heavy (non-hydrogen) atoms. The summed E-state index contributed by atoms with van der Waals surface area (Å²) in [4.78, 5) is 22.6. The van der Waals surface area contributed by atoms with Crippen molar-refractivity contribution in [3.8, 4) is 0 Å². The van der Waals surface area contributed by atoms with Crippen LogP contribution in [-0.4, -0.2) is 29.6 Å². The molecule has 0 aromatic rings. The standard InChI is InChI=1S/C13H26N2O3/c1-9(2)8-11(13(17)18)15-12(16)5-4-10(3)6-7-14/h9-11H,4-8,14H2,1-3H3,(H,15,16)(H,17,18). The van der Waals surface area contributed by atoms with Crippen molar-refractivity contribution in [3.63, 3.8) is 0 Å². The summed E-state index contributed by atoms with van der Waals surface area (Å²) in [5.74, 6) is -0.518. The van der Waals surface area contributed by atoms with Crippen LogP contribution >= 0.6 is 0 Å². The van der Waals surface area contributed by atoms with Crippen LogP contribution in [0.15, 0.2) is 0 Å². The molecule has 0 aromatic heterocycles. The fourth-order valence-corrected chi connectivity index (χ4v) is 1.77. The van der Waals surface area contributed by atoms with Crippen LogP contribution in [-0.2, 0) is 9.59 Å². The van der Waals surface area contributed by atoms with Gasteiger partial charge in [-0.25, -0.2) is 4.79 Å². The van der Waals surface area contributed by atoms with Gasteiger partial charge in [-0.2, -0.15) is 0 Å². The zero-order valence-corrected chi connectivity index (χ0v) is 11.6. The van der Waals surface area contributed by atoms with E-state index in [2.05, 4.69) is 5.32 Å². The van der Waals surface area contributed by atoms with E-state index in [4.69, 9.17) is 10.8 Å². The van der Waals surface area contributed by atoms with Crippen molar-refractivity contribution in [2.24, 2.45) is 17.6 Å². The molecule has 2 atom stereocenters. The Balaban J connectivity index is 4.06. The lowest BCUT2D eigenvalue weighted by atomic mass is 10.0. The smallest absolute Gasteiger partial charge is 0.326 e. The van der Waals surface area contributed by atoms with Gasteiger partial charge in [0, 0.05) is 6.42 Å². The molecule has 0 bridgehead atoms. The molecule has 0 rings (SSSR count). The van der Waals surface area contributed by atoms with Gasteiger partial charge in [0.05, 0.1) is 0 Å². The van der Waals surface area contributed by atoms with E-state index >= 15 is 0 Å². The van der Waals surface area contributed by atoms with Gasteiger partial charge in [0.15, 0.2) is 0 Å². The second kappa shape index (κ2) is 8.91. The third-order valence-corrected chi connectivity index (χ3v) is 2.86. The van der Waals surface area contributed by atoms with E-state index in [1.165, 1.54) is 0 Å². The number of nitrogens with two attached hydrogens (primary N) is 1. The monoisotopic (exact) mass is 258 g/mol. The van der Waals surface area contributed by atoms with Gasteiger partial charge in [-0.15, -0.1) is 0 Å². The molecule has 0 aliphatic rings. The number of carboxylic acids is 1. The van der Waals surface area contributed by atoms with E-state index in [0.29, 0.717) is 25.3 Å². The summed E-state index contributed by atoms with van der Waals surface area (Å²) in [6.07, 6.45) is 2.46. The second-order valence-corrected chi connectivity index (χ2v) is 5.31. The molecular formula is C13H26N2O3. The first-order valence-corrected chi connectivity index (χ1v) is 6.59. The number of aliphatic carboxylic acids is 1. The first-order chi connectivity index (χ1) is 8.36. The minimum absolute atomic E-state index is 0.188. The molecule has 0 aromatic carbocycles. The van der Waals surface area contributed by atoms with Gasteiger partial charge in [-0.05, 0) is 37.6 Å². The SMILES string of the molecule is CC(C)CC(NC(=O)CCC(C)CCN)C(=O)O. The van der Waals surface area contributed by atoms with Crippen LogP contribution in [0.1, 0.15) is 46.5 Å². The van der Waals surface area contributed by atoms with Crippen molar-refractivity contribution < 1.29 is 14.7 Å². The Morgan fingerprint density at radius 3 is 2.28 bits per heavy atom. The number of carbonyl (C=O) groups excluding carboxylic acids is 1. The average Bonchev–Trinajstić information content (AvgIpc) is 2.25. The summed E-state index contributed by atoms with van der Waals surface area (Å²) in [5, 5.41) is 11.6. The van der Waals surface area contributed by atoms with Gasteiger partial charge in [0.1, 0.15) is 6.04 Å². The molecule has 4 N–H and O–H groups in total. The predicted octanol–water partition coefficient (Wildman–Crippen LogP) is 1.37. The molecule has 0 spiro atoms. The first-order valence-electron chi connectivity index (χ1n) is 6.59. The highest BCUT2D eigenvalue weighted by Gasteiger charge is 2.20. The van der Waals surface area contributed by atoms with Crippen LogP contribution in [0.3, 0.4) is 0 Å². The maximum atomic E-state index is 11.6. The summed E-state index contributed by atoms with van der Waals surface area (Å²) in [5.41, 5.74) is 5.43. The maximum absolute atomic E-state index is 11.6. The number of carboxylic acid groups (broad SMARTS) is 1. The molecule has 0 heterocycles. The molecule has 0 aliphatic carbocycles. The summed E-state index contributed by atoms with van der Waals surface area (Å²) < 4.78 is 0. The van der Waals surface area contributed by atoms with Crippen molar-refractivity contribution in [2.75, 3.05) is 6.54 Å². The highest BCUT2D eigenvalue weighted by Crippen LogP contribution is 2.10. The fraction of sp³-hybridized carbons (Fsp3) is 0.846. The number of nitrogens with one attached hydrogen (secondary N) is 1. The van der Waals surface area contributed by atoms with E-state index in [9.17, 15) is 9.59 Å². The molecule has 1 amide bonds. The van der Waals surface area contributed by atoms with Crippen LogP contribution in [0, 0.1) is 11.8 Å². The Bertz CT molecular complexity index is 267. The molecule has 2 unspecified atom stereocenters. The Morgan fingerprint density at radius 1 is 1.22 bits per heavy atom. The van der Waals surface area contributed by atoms with Crippen LogP contribution in [0.4, 0.5) is 0 Å². The molecule has 5 heteroatoms. The summed E-state index contributed by atoms with van der Waals surface area (Å²) >= 11 is 0. The first kappa shape index (κ1) is 16.9. The van der Waals surface area contributed by atoms with E-state index in [1.54, 1.807) is 0 Å². The largest absolute Gasteiger partial charge is 0.480 e. The highest BCUT2D eigenvalue weighted by molar-refractivity contribution is 5.83. The minimum Gasteiger partial charge on any atom is -0.480 e. The quantitative estimate of drug-likeness (QED) is 0.582. The maximum Gasteiger partial charge on any atom is 0.326 e. The molecule has 0 radical (unpaired) electrons. The Morgan fingerprint density at radius 2 is 1.83 bits per heavy atom. The van der Waals surface area contributed by atoms with Crippen molar-refractivity contribution >= 4 is 11.9 Å². The topological polar surface area (TPSA) is 92.4 Å². The van der Waals surface area contributed by atoms with E-state index in [1.807, 2.05) is 20.8 Å². The van der Waals surface area contributed by atoms with Gasteiger partial charge >= 0.3 is 5.97 Å². The van der Waals surface area contributed by atoms with Crippen molar-refractivity contribution in [2.45, 2.75) is 52.5 Å². The third kappa shape index (κ3) is 8.06. The fourth-order valence-electron chi connectivity index (χ4n) is 1.77. The Labute approximate surface area is 109 Å². The van der Waals surface area contributed by atoms with Crippen molar-refractivity contribution in [1.82, 2.24) is 5.32 Å².